The molecule has 4 nitrogen and oxygen atoms in total. The average molecular weight is 300 g/mol. The quantitative estimate of drug-likeness (QED) is 0.777. The number of hydrogen-bond donors (Lipinski definition) is 2. The second-order valence-corrected chi connectivity index (χ2v) is 5.22. The Balaban J connectivity index is 1.64. The van der Waals surface area contributed by atoms with E-state index in [2.05, 4.69) is 15.3 Å². The number of carbonyl (C=O) groups excluding carboxylic acids is 1. The van der Waals surface area contributed by atoms with Crippen LogP contribution < -0.4 is 5.32 Å². The zero-order chi connectivity index (χ0) is 14.7. The van der Waals surface area contributed by atoms with Crippen molar-refractivity contribution >= 4 is 28.4 Å². The van der Waals surface area contributed by atoms with Gasteiger partial charge in [0.05, 0.1) is 0 Å². The lowest BCUT2D eigenvalue weighted by molar-refractivity contribution is 0.0950. The summed E-state index contributed by atoms with van der Waals surface area (Å²) in [6.07, 6.45) is 4.29. The fourth-order valence-corrected chi connectivity index (χ4v) is 2.36. The van der Waals surface area contributed by atoms with Crippen molar-refractivity contribution in [2.75, 3.05) is 6.54 Å². The normalized spacial score (nSPS) is 10.7. The molecule has 2 heterocycles. The maximum Gasteiger partial charge on any atom is 0.267 e. The van der Waals surface area contributed by atoms with E-state index in [1.54, 1.807) is 12.4 Å². The molecule has 21 heavy (non-hydrogen) atoms. The third kappa shape index (κ3) is 3.23. The molecule has 0 radical (unpaired) electrons. The van der Waals surface area contributed by atoms with Gasteiger partial charge < -0.3 is 10.3 Å². The second kappa shape index (κ2) is 5.97. The highest BCUT2D eigenvalue weighted by Gasteiger charge is 2.09. The number of H-pyrrole nitrogens is 1. The number of pyridine rings is 1. The molecular weight excluding hydrogens is 286 g/mol. The third-order valence-corrected chi connectivity index (χ3v) is 3.49. The van der Waals surface area contributed by atoms with Crippen LogP contribution in [0.15, 0.2) is 48.8 Å². The Hall–Kier alpha value is -2.33. The minimum Gasteiger partial charge on any atom is -0.350 e. The maximum atomic E-state index is 12.1. The first-order chi connectivity index (χ1) is 10.2. The van der Waals surface area contributed by atoms with Crippen LogP contribution in [0.3, 0.4) is 0 Å². The first-order valence-electron chi connectivity index (χ1n) is 6.68. The molecule has 0 aliphatic carbocycles. The molecule has 0 unspecified atom stereocenters. The zero-order valence-corrected chi connectivity index (χ0v) is 12.0. The molecule has 1 aromatic carbocycles. The van der Waals surface area contributed by atoms with Crippen molar-refractivity contribution in [3.05, 3.63) is 65.1 Å². The predicted molar refractivity (Wildman–Crippen MR) is 83.6 cm³/mol. The number of halogens is 1. The van der Waals surface area contributed by atoms with Gasteiger partial charge in [-0.05, 0) is 36.2 Å². The summed E-state index contributed by atoms with van der Waals surface area (Å²) in [6, 6.07) is 11.2. The van der Waals surface area contributed by atoms with E-state index in [-0.39, 0.29) is 5.91 Å². The lowest BCUT2D eigenvalue weighted by Crippen LogP contribution is -2.25. The molecule has 1 amide bonds. The van der Waals surface area contributed by atoms with E-state index < -0.39 is 0 Å². The number of aromatic nitrogens is 2. The van der Waals surface area contributed by atoms with Gasteiger partial charge in [0.1, 0.15) is 5.69 Å². The molecule has 5 heteroatoms. The number of rotatable bonds is 4. The number of aromatic amines is 1. The van der Waals surface area contributed by atoms with E-state index in [0.717, 1.165) is 22.9 Å². The van der Waals surface area contributed by atoms with E-state index in [1.807, 2.05) is 36.4 Å². The van der Waals surface area contributed by atoms with Gasteiger partial charge >= 0.3 is 0 Å². The zero-order valence-electron chi connectivity index (χ0n) is 11.3. The van der Waals surface area contributed by atoms with E-state index in [9.17, 15) is 4.79 Å². The number of nitrogens with one attached hydrogen (secondary N) is 2. The first kappa shape index (κ1) is 13.6. The van der Waals surface area contributed by atoms with Crippen molar-refractivity contribution in [3.63, 3.8) is 0 Å². The molecular formula is C16H14ClN3O. The van der Waals surface area contributed by atoms with Crippen LogP contribution in [0.25, 0.3) is 10.9 Å². The predicted octanol–water partition coefficient (Wildman–Crippen LogP) is 3.19. The average Bonchev–Trinajstić information content (AvgIpc) is 2.91. The topological polar surface area (TPSA) is 57.8 Å². The van der Waals surface area contributed by atoms with Crippen molar-refractivity contribution in [3.8, 4) is 0 Å². The van der Waals surface area contributed by atoms with Crippen molar-refractivity contribution < 1.29 is 4.79 Å². The first-order valence-corrected chi connectivity index (χ1v) is 7.05. The van der Waals surface area contributed by atoms with E-state index in [1.165, 1.54) is 0 Å². The molecule has 3 aromatic rings. The van der Waals surface area contributed by atoms with Crippen LogP contribution >= 0.6 is 11.6 Å². The number of amides is 1. The molecule has 0 spiro atoms. The summed E-state index contributed by atoms with van der Waals surface area (Å²) in [5.41, 5.74) is 2.50. The Morgan fingerprint density at radius 3 is 3.00 bits per heavy atom. The summed E-state index contributed by atoms with van der Waals surface area (Å²) in [4.78, 5) is 19.2. The summed E-state index contributed by atoms with van der Waals surface area (Å²) >= 11 is 5.93. The second-order valence-electron chi connectivity index (χ2n) is 4.78. The van der Waals surface area contributed by atoms with Gasteiger partial charge in [0.25, 0.3) is 5.91 Å². The largest absolute Gasteiger partial charge is 0.350 e. The molecule has 0 aliphatic rings. The van der Waals surface area contributed by atoms with Gasteiger partial charge in [-0.3, -0.25) is 9.78 Å². The van der Waals surface area contributed by atoms with Gasteiger partial charge in [-0.25, -0.2) is 0 Å². The van der Waals surface area contributed by atoms with Crippen molar-refractivity contribution in [2.24, 2.45) is 0 Å². The minimum atomic E-state index is -0.119. The van der Waals surface area contributed by atoms with E-state index >= 15 is 0 Å². The van der Waals surface area contributed by atoms with Gasteiger partial charge in [-0.15, -0.1) is 0 Å². The van der Waals surface area contributed by atoms with Gasteiger partial charge in [-0.1, -0.05) is 23.7 Å². The molecule has 3 rings (SSSR count). The monoisotopic (exact) mass is 299 g/mol. The number of carbonyl (C=O) groups is 1. The Kier molecular flexibility index (Phi) is 3.88. The van der Waals surface area contributed by atoms with Gasteiger partial charge in [0.2, 0.25) is 0 Å². The van der Waals surface area contributed by atoms with Crippen molar-refractivity contribution in [1.29, 1.82) is 0 Å². The Labute approximate surface area is 127 Å². The number of nitrogens with zero attached hydrogens (tertiary/aromatic N) is 1. The lowest BCUT2D eigenvalue weighted by atomic mass is 10.2. The van der Waals surface area contributed by atoms with Crippen LogP contribution in [0.2, 0.25) is 5.02 Å². The number of hydrogen-bond acceptors (Lipinski definition) is 2. The van der Waals surface area contributed by atoms with Crippen LogP contribution in [0, 0.1) is 0 Å². The minimum absolute atomic E-state index is 0.119. The lowest BCUT2D eigenvalue weighted by Gasteiger charge is -2.03. The molecule has 0 aliphatic heterocycles. The summed E-state index contributed by atoms with van der Waals surface area (Å²) in [5.74, 6) is -0.119. The summed E-state index contributed by atoms with van der Waals surface area (Å²) in [7, 11) is 0. The summed E-state index contributed by atoms with van der Waals surface area (Å²) in [6.45, 7) is 0.570. The fraction of sp³-hybridized carbons (Fsp3) is 0.125. The highest BCUT2D eigenvalue weighted by Crippen LogP contribution is 2.19. The van der Waals surface area contributed by atoms with Crippen molar-refractivity contribution in [1.82, 2.24) is 15.3 Å². The molecule has 2 aromatic heterocycles. The fourth-order valence-electron chi connectivity index (χ4n) is 2.18. The Morgan fingerprint density at radius 2 is 2.19 bits per heavy atom. The smallest absolute Gasteiger partial charge is 0.267 e. The van der Waals surface area contributed by atoms with Crippen LogP contribution in [-0.4, -0.2) is 22.4 Å². The highest BCUT2D eigenvalue weighted by molar-refractivity contribution is 6.31. The van der Waals surface area contributed by atoms with Gasteiger partial charge in [-0.2, -0.15) is 0 Å². The van der Waals surface area contributed by atoms with Crippen LogP contribution in [0.1, 0.15) is 16.1 Å². The molecule has 0 saturated heterocycles. The molecule has 2 N–H and O–H groups in total. The van der Waals surface area contributed by atoms with E-state index in [0.29, 0.717) is 17.3 Å². The SMILES string of the molecule is O=C(NCCc1cccnc1)c1cc2ccc(Cl)cc2[nH]1. The molecule has 0 saturated carbocycles. The molecule has 0 atom stereocenters. The molecule has 0 fully saturated rings. The number of fused-ring (bicyclic) bond motifs is 1. The summed E-state index contributed by atoms with van der Waals surface area (Å²) < 4.78 is 0. The van der Waals surface area contributed by atoms with E-state index in [4.69, 9.17) is 11.6 Å². The van der Waals surface area contributed by atoms with Crippen molar-refractivity contribution in [2.45, 2.75) is 6.42 Å². The maximum absolute atomic E-state index is 12.1. The summed E-state index contributed by atoms with van der Waals surface area (Å²) in [5, 5.41) is 4.51. The third-order valence-electron chi connectivity index (χ3n) is 3.25. The number of benzene rings is 1. The van der Waals surface area contributed by atoms with Gasteiger partial charge in [0.15, 0.2) is 0 Å². The van der Waals surface area contributed by atoms with Crippen LogP contribution in [0.4, 0.5) is 0 Å². The Morgan fingerprint density at radius 1 is 1.29 bits per heavy atom. The Bertz CT molecular complexity index is 768. The van der Waals surface area contributed by atoms with Crippen LogP contribution in [0.5, 0.6) is 0 Å². The molecule has 0 bridgehead atoms. The molecule has 106 valence electrons. The standard InChI is InChI=1S/C16H14ClN3O/c17-13-4-3-12-8-15(20-14(12)9-13)16(21)19-7-5-11-2-1-6-18-10-11/h1-4,6,8-10,20H,5,7H2,(H,19,21). The highest BCUT2D eigenvalue weighted by atomic mass is 35.5. The van der Waals surface area contributed by atoms with Crippen LogP contribution in [-0.2, 0) is 6.42 Å². The van der Waals surface area contributed by atoms with Gasteiger partial charge in [0, 0.05) is 34.9 Å².